The van der Waals surface area contributed by atoms with E-state index in [1.54, 1.807) is 20.4 Å². The quantitative estimate of drug-likeness (QED) is 0.474. The summed E-state index contributed by atoms with van der Waals surface area (Å²) in [5.41, 5.74) is 1.59. The van der Waals surface area contributed by atoms with E-state index in [0.29, 0.717) is 23.6 Å². The maximum atomic E-state index is 6.09. The van der Waals surface area contributed by atoms with Crippen LogP contribution in [0.4, 0.5) is 17.3 Å². The van der Waals surface area contributed by atoms with Crippen molar-refractivity contribution in [1.29, 1.82) is 0 Å². The number of nitrogens with zero attached hydrogens (tertiary/aromatic N) is 2. The minimum atomic E-state index is 0.436. The lowest BCUT2D eigenvalue weighted by Crippen LogP contribution is -2.29. The van der Waals surface area contributed by atoms with Crippen molar-refractivity contribution in [1.82, 2.24) is 15.3 Å². The number of methoxy groups -OCH3 is 2. The van der Waals surface area contributed by atoms with Crippen molar-refractivity contribution >= 4 is 17.3 Å². The van der Waals surface area contributed by atoms with E-state index in [-0.39, 0.29) is 0 Å². The van der Waals surface area contributed by atoms with Gasteiger partial charge in [0.25, 0.3) is 0 Å². The Bertz CT molecular complexity index is 974. The van der Waals surface area contributed by atoms with Crippen molar-refractivity contribution in [2.75, 3.05) is 37.9 Å². The van der Waals surface area contributed by atoms with E-state index < -0.39 is 0 Å². The molecule has 1 aliphatic rings. The average Bonchev–Trinajstić information content (AvgIpc) is 3.33. The molecule has 162 valence electrons. The van der Waals surface area contributed by atoms with E-state index in [9.17, 15) is 0 Å². The number of hydrogen-bond donors (Lipinski definition) is 3. The van der Waals surface area contributed by atoms with E-state index >= 15 is 0 Å². The zero-order valence-electron chi connectivity index (χ0n) is 17.7. The number of aromatic nitrogens is 2. The molecule has 1 fully saturated rings. The number of nitrogens with one attached hydrogen (secondary N) is 3. The summed E-state index contributed by atoms with van der Waals surface area (Å²) in [6.07, 6.45) is 4.09. The molecule has 2 aromatic carbocycles. The molecule has 1 aromatic heterocycles. The zero-order valence-corrected chi connectivity index (χ0v) is 17.7. The van der Waals surface area contributed by atoms with Crippen molar-refractivity contribution in [2.24, 2.45) is 0 Å². The Morgan fingerprint density at radius 2 is 1.65 bits per heavy atom. The first-order valence-electron chi connectivity index (χ1n) is 10.3. The Morgan fingerprint density at radius 1 is 0.968 bits per heavy atom. The molecule has 0 amide bonds. The van der Waals surface area contributed by atoms with Gasteiger partial charge in [-0.15, -0.1) is 0 Å². The fraction of sp³-hybridized carbons (Fsp3) is 0.304. The van der Waals surface area contributed by atoms with Crippen molar-refractivity contribution in [2.45, 2.75) is 18.9 Å². The van der Waals surface area contributed by atoms with E-state index in [1.807, 2.05) is 48.5 Å². The van der Waals surface area contributed by atoms with Gasteiger partial charge in [0.1, 0.15) is 22.9 Å². The molecule has 1 saturated heterocycles. The van der Waals surface area contributed by atoms with Crippen LogP contribution in [0.2, 0.25) is 0 Å². The van der Waals surface area contributed by atoms with Gasteiger partial charge in [0.15, 0.2) is 0 Å². The molecular weight excluding hydrogens is 394 g/mol. The van der Waals surface area contributed by atoms with Gasteiger partial charge in [0, 0.05) is 18.3 Å². The molecule has 31 heavy (non-hydrogen) atoms. The molecule has 1 aliphatic heterocycles. The largest absolute Gasteiger partial charge is 0.497 e. The number of hydrogen-bond acceptors (Lipinski definition) is 8. The molecule has 0 aliphatic carbocycles. The number of anilines is 3. The van der Waals surface area contributed by atoms with Gasteiger partial charge in [-0.2, -0.15) is 4.98 Å². The van der Waals surface area contributed by atoms with Crippen LogP contribution in [0.3, 0.4) is 0 Å². The van der Waals surface area contributed by atoms with Gasteiger partial charge in [0.05, 0.1) is 20.4 Å². The molecular formula is C23H27N5O3. The standard InChI is InChI=1S/C23H27N5O3/c1-29-18-7-5-16(6-8-18)27-23-26-15-21(25-14-17-4-3-13-24-17)22(28-23)31-20-11-9-19(30-2)10-12-20/h5-12,15,17,24-25H,3-4,13-14H2,1-2H3,(H,26,27,28)/t17-/m0/s1. The van der Waals surface area contributed by atoms with Crippen molar-refractivity contribution < 1.29 is 14.2 Å². The molecule has 8 nitrogen and oxygen atoms in total. The summed E-state index contributed by atoms with van der Waals surface area (Å²) in [6, 6.07) is 15.4. The molecule has 1 atom stereocenters. The third-order valence-electron chi connectivity index (χ3n) is 5.08. The minimum Gasteiger partial charge on any atom is -0.497 e. The number of ether oxygens (including phenoxy) is 3. The summed E-state index contributed by atoms with van der Waals surface area (Å²) in [4.78, 5) is 9.06. The predicted molar refractivity (Wildman–Crippen MR) is 121 cm³/mol. The van der Waals surface area contributed by atoms with Gasteiger partial charge in [-0.25, -0.2) is 4.98 Å². The molecule has 2 heterocycles. The molecule has 0 unspecified atom stereocenters. The van der Waals surface area contributed by atoms with Gasteiger partial charge in [-0.1, -0.05) is 0 Å². The van der Waals surface area contributed by atoms with E-state index in [4.69, 9.17) is 14.2 Å². The fourth-order valence-electron chi connectivity index (χ4n) is 3.35. The maximum absolute atomic E-state index is 6.09. The molecule has 0 spiro atoms. The second kappa shape index (κ2) is 9.99. The smallest absolute Gasteiger partial charge is 0.247 e. The summed E-state index contributed by atoms with van der Waals surface area (Å²) in [5, 5.41) is 10.1. The first-order valence-corrected chi connectivity index (χ1v) is 10.3. The highest BCUT2D eigenvalue weighted by Crippen LogP contribution is 2.30. The van der Waals surface area contributed by atoms with Gasteiger partial charge in [-0.3, -0.25) is 0 Å². The van der Waals surface area contributed by atoms with Crippen molar-refractivity contribution in [3.8, 4) is 23.1 Å². The Morgan fingerprint density at radius 3 is 2.29 bits per heavy atom. The van der Waals surface area contributed by atoms with Crippen LogP contribution in [0.1, 0.15) is 12.8 Å². The van der Waals surface area contributed by atoms with Crippen LogP contribution >= 0.6 is 0 Å². The van der Waals surface area contributed by atoms with Crippen LogP contribution in [0.25, 0.3) is 0 Å². The first-order chi connectivity index (χ1) is 15.2. The normalized spacial score (nSPS) is 15.4. The number of rotatable bonds is 9. The molecule has 0 radical (unpaired) electrons. The molecule has 0 bridgehead atoms. The highest BCUT2D eigenvalue weighted by Gasteiger charge is 2.16. The van der Waals surface area contributed by atoms with Crippen LogP contribution in [-0.2, 0) is 0 Å². The molecule has 3 aromatic rings. The fourth-order valence-corrected chi connectivity index (χ4v) is 3.35. The second-order valence-corrected chi connectivity index (χ2v) is 7.22. The first kappa shape index (κ1) is 20.7. The van der Waals surface area contributed by atoms with Crippen LogP contribution < -0.4 is 30.2 Å². The Balaban J connectivity index is 1.53. The van der Waals surface area contributed by atoms with E-state index in [0.717, 1.165) is 42.4 Å². The lowest BCUT2D eigenvalue weighted by atomic mass is 10.2. The molecule has 8 heteroatoms. The predicted octanol–water partition coefficient (Wildman–Crippen LogP) is 4.19. The van der Waals surface area contributed by atoms with Gasteiger partial charge >= 0.3 is 0 Å². The Labute approximate surface area is 182 Å². The third-order valence-corrected chi connectivity index (χ3v) is 5.08. The summed E-state index contributed by atoms with van der Waals surface area (Å²) in [5.74, 6) is 3.11. The van der Waals surface area contributed by atoms with E-state index in [1.165, 1.54) is 6.42 Å². The highest BCUT2D eigenvalue weighted by atomic mass is 16.5. The Kier molecular flexibility index (Phi) is 6.68. The SMILES string of the molecule is COc1ccc(Nc2ncc(NC[C@@H]3CCCN3)c(Oc3ccc(OC)cc3)n2)cc1. The second-order valence-electron chi connectivity index (χ2n) is 7.22. The van der Waals surface area contributed by atoms with Gasteiger partial charge in [0.2, 0.25) is 11.8 Å². The van der Waals surface area contributed by atoms with Crippen molar-refractivity contribution in [3.63, 3.8) is 0 Å². The van der Waals surface area contributed by atoms with E-state index in [2.05, 4.69) is 25.9 Å². The Hall–Kier alpha value is -3.52. The zero-order chi connectivity index (χ0) is 21.5. The van der Waals surface area contributed by atoms with Crippen LogP contribution in [-0.4, -0.2) is 43.3 Å². The lowest BCUT2D eigenvalue weighted by Gasteiger charge is -2.16. The molecule has 3 N–H and O–H groups in total. The lowest BCUT2D eigenvalue weighted by molar-refractivity contribution is 0.412. The maximum Gasteiger partial charge on any atom is 0.247 e. The number of benzene rings is 2. The summed E-state index contributed by atoms with van der Waals surface area (Å²) in [6.45, 7) is 1.84. The third kappa shape index (κ3) is 5.55. The molecule has 4 rings (SSSR count). The van der Waals surface area contributed by atoms with Gasteiger partial charge < -0.3 is 30.2 Å². The van der Waals surface area contributed by atoms with Crippen LogP contribution in [0, 0.1) is 0 Å². The van der Waals surface area contributed by atoms with Crippen LogP contribution in [0.5, 0.6) is 23.1 Å². The minimum absolute atomic E-state index is 0.436. The highest BCUT2D eigenvalue weighted by molar-refractivity contribution is 5.59. The van der Waals surface area contributed by atoms with Crippen molar-refractivity contribution in [3.05, 3.63) is 54.7 Å². The topological polar surface area (TPSA) is 89.6 Å². The summed E-state index contributed by atoms with van der Waals surface area (Å²) >= 11 is 0. The monoisotopic (exact) mass is 421 g/mol. The summed E-state index contributed by atoms with van der Waals surface area (Å²) in [7, 11) is 3.28. The van der Waals surface area contributed by atoms with Gasteiger partial charge in [-0.05, 0) is 67.9 Å². The van der Waals surface area contributed by atoms with Crippen LogP contribution in [0.15, 0.2) is 54.7 Å². The molecule has 0 saturated carbocycles. The summed E-state index contributed by atoms with van der Waals surface area (Å²) < 4.78 is 16.5. The average molecular weight is 422 g/mol.